The summed E-state index contributed by atoms with van der Waals surface area (Å²) in [6.07, 6.45) is 2.46. The molecule has 0 aliphatic rings. The summed E-state index contributed by atoms with van der Waals surface area (Å²) in [5.41, 5.74) is 0.685. The van der Waals surface area contributed by atoms with Gasteiger partial charge in [0.15, 0.2) is 0 Å². The van der Waals surface area contributed by atoms with Gasteiger partial charge < -0.3 is 20.3 Å². The number of anilines is 2. The molecule has 0 saturated carbocycles. The molecular weight excluding hydrogens is 256 g/mol. The van der Waals surface area contributed by atoms with Crippen LogP contribution in [0.15, 0.2) is 18.3 Å². The number of nitrogens with zero attached hydrogens (tertiary/aromatic N) is 2. The van der Waals surface area contributed by atoms with Gasteiger partial charge in [-0.2, -0.15) is 0 Å². The Balaban J connectivity index is 2.42. The van der Waals surface area contributed by atoms with Crippen molar-refractivity contribution in [2.24, 2.45) is 0 Å². The number of hydrogen-bond donors (Lipinski definition) is 2. The molecule has 2 amide bonds. The minimum absolute atomic E-state index is 0.224. The lowest BCUT2D eigenvalue weighted by molar-refractivity contribution is 0.194. The molecule has 0 spiro atoms. The van der Waals surface area contributed by atoms with Gasteiger partial charge in [-0.1, -0.05) is 0 Å². The third kappa shape index (κ3) is 5.44. The van der Waals surface area contributed by atoms with Crippen molar-refractivity contribution in [2.75, 3.05) is 43.6 Å². The van der Waals surface area contributed by atoms with Crippen LogP contribution in [0.3, 0.4) is 0 Å². The maximum Gasteiger partial charge on any atom is 0.319 e. The van der Waals surface area contributed by atoms with Crippen LogP contribution in [0.5, 0.6) is 0 Å². The van der Waals surface area contributed by atoms with Crippen LogP contribution in [0.1, 0.15) is 20.3 Å². The molecule has 0 aromatic carbocycles. The Kier molecular flexibility index (Phi) is 7.42. The number of ether oxygens (including phenoxy) is 1. The van der Waals surface area contributed by atoms with Crippen LogP contribution in [0, 0.1) is 0 Å². The van der Waals surface area contributed by atoms with Crippen LogP contribution in [0.2, 0.25) is 0 Å². The van der Waals surface area contributed by atoms with Crippen LogP contribution in [0.4, 0.5) is 16.3 Å². The molecule has 0 radical (unpaired) electrons. The average Bonchev–Trinajstić information content (AvgIpc) is 2.47. The fourth-order valence-corrected chi connectivity index (χ4v) is 1.79. The van der Waals surface area contributed by atoms with Crippen molar-refractivity contribution in [3.63, 3.8) is 0 Å². The molecule has 1 rings (SSSR count). The molecule has 1 heterocycles. The van der Waals surface area contributed by atoms with Crippen LogP contribution in [-0.4, -0.2) is 44.4 Å². The van der Waals surface area contributed by atoms with Crippen molar-refractivity contribution in [1.29, 1.82) is 0 Å². The third-order valence-electron chi connectivity index (χ3n) is 2.90. The lowest BCUT2D eigenvalue weighted by atomic mass is 10.3. The fraction of sp³-hybridized carbons (Fsp3) is 0.571. The van der Waals surface area contributed by atoms with E-state index in [1.807, 2.05) is 12.1 Å². The second-order valence-corrected chi connectivity index (χ2v) is 4.30. The van der Waals surface area contributed by atoms with Gasteiger partial charge in [0.25, 0.3) is 0 Å². The summed E-state index contributed by atoms with van der Waals surface area (Å²) in [5.74, 6) is 0.918. The van der Waals surface area contributed by atoms with Crippen molar-refractivity contribution in [2.45, 2.75) is 20.3 Å². The summed E-state index contributed by atoms with van der Waals surface area (Å²) < 4.78 is 4.91. The lowest BCUT2D eigenvalue weighted by Gasteiger charge is -2.19. The highest BCUT2D eigenvalue weighted by atomic mass is 16.5. The van der Waals surface area contributed by atoms with Crippen molar-refractivity contribution in [3.05, 3.63) is 18.3 Å². The Labute approximate surface area is 120 Å². The predicted molar refractivity (Wildman–Crippen MR) is 81.3 cm³/mol. The Morgan fingerprint density at radius 2 is 2.10 bits per heavy atom. The molecule has 20 heavy (non-hydrogen) atoms. The van der Waals surface area contributed by atoms with E-state index in [-0.39, 0.29) is 6.03 Å². The maximum absolute atomic E-state index is 11.6. The molecule has 0 bridgehead atoms. The summed E-state index contributed by atoms with van der Waals surface area (Å²) in [4.78, 5) is 18.1. The van der Waals surface area contributed by atoms with Gasteiger partial charge in [0.05, 0.1) is 11.9 Å². The first-order valence-electron chi connectivity index (χ1n) is 6.96. The molecule has 0 aliphatic carbocycles. The van der Waals surface area contributed by atoms with Gasteiger partial charge in [0.1, 0.15) is 5.82 Å². The Hall–Kier alpha value is -1.82. The first-order valence-corrected chi connectivity index (χ1v) is 6.96. The topological polar surface area (TPSA) is 66.5 Å². The number of pyridine rings is 1. The molecule has 2 N–H and O–H groups in total. The van der Waals surface area contributed by atoms with Crippen LogP contribution < -0.4 is 15.5 Å². The van der Waals surface area contributed by atoms with Crippen molar-refractivity contribution >= 4 is 17.5 Å². The zero-order chi connectivity index (χ0) is 14.8. The van der Waals surface area contributed by atoms with Gasteiger partial charge in [-0.15, -0.1) is 0 Å². The summed E-state index contributed by atoms with van der Waals surface area (Å²) in [5, 5.41) is 5.51. The van der Waals surface area contributed by atoms with Crippen LogP contribution in [0.25, 0.3) is 0 Å². The van der Waals surface area contributed by atoms with E-state index in [0.29, 0.717) is 18.8 Å². The quantitative estimate of drug-likeness (QED) is 0.716. The molecule has 0 saturated heterocycles. The van der Waals surface area contributed by atoms with Crippen molar-refractivity contribution in [3.8, 4) is 0 Å². The predicted octanol–water partition coefficient (Wildman–Crippen LogP) is 2.09. The highest BCUT2D eigenvalue weighted by Gasteiger charge is 2.04. The van der Waals surface area contributed by atoms with E-state index >= 15 is 0 Å². The fourth-order valence-electron chi connectivity index (χ4n) is 1.79. The van der Waals surface area contributed by atoms with Crippen molar-refractivity contribution < 1.29 is 9.53 Å². The minimum atomic E-state index is -0.224. The lowest BCUT2D eigenvalue weighted by Crippen LogP contribution is -2.30. The second-order valence-electron chi connectivity index (χ2n) is 4.30. The second kappa shape index (κ2) is 9.14. The van der Waals surface area contributed by atoms with Crippen LogP contribution in [-0.2, 0) is 4.74 Å². The molecule has 0 unspecified atom stereocenters. The zero-order valence-corrected chi connectivity index (χ0v) is 12.5. The number of rotatable bonds is 8. The summed E-state index contributed by atoms with van der Waals surface area (Å²) in [6.45, 7) is 7.23. The Morgan fingerprint density at radius 1 is 1.35 bits per heavy atom. The summed E-state index contributed by atoms with van der Waals surface area (Å²) in [7, 11) is 1.64. The van der Waals surface area contributed by atoms with Gasteiger partial charge >= 0.3 is 6.03 Å². The van der Waals surface area contributed by atoms with Gasteiger partial charge in [-0.3, -0.25) is 0 Å². The number of carbonyl (C=O) groups excluding carboxylic acids is 1. The molecule has 112 valence electrons. The largest absolute Gasteiger partial charge is 0.385 e. The molecule has 1 aromatic heterocycles. The number of urea groups is 1. The molecule has 0 atom stereocenters. The van der Waals surface area contributed by atoms with E-state index in [1.54, 1.807) is 13.3 Å². The highest BCUT2D eigenvalue weighted by Crippen LogP contribution is 2.13. The normalized spacial score (nSPS) is 10.2. The zero-order valence-electron chi connectivity index (χ0n) is 12.5. The van der Waals surface area contributed by atoms with E-state index in [4.69, 9.17) is 4.74 Å². The minimum Gasteiger partial charge on any atom is -0.385 e. The first-order chi connectivity index (χ1) is 9.71. The van der Waals surface area contributed by atoms with Crippen LogP contribution >= 0.6 is 0 Å². The molecular formula is C14H24N4O2. The number of carbonyl (C=O) groups is 1. The van der Waals surface area contributed by atoms with Crippen molar-refractivity contribution in [1.82, 2.24) is 10.3 Å². The molecule has 1 aromatic rings. The number of nitrogens with one attached hydrogen (secondary N) is 2. The van der Waals surface area contributed by atoms with E-state index in [2.05, 4.69) is 34.4 Å². The van der Waals surface area contributed by atoms with Gasteiger partial charge in [0.2, 0.25) is 0 Å². The van der Waals surface area contributed by atoms with Gasteiger partial charge in [-0.25, -0.2) is 9.78 Å². The molecule has 0 fully saturated rings. The van der Waals surface area contributed by atoms with E-state index in [1.165, 1.54) is 0 Å². The monoisotopic (exact) mass is 280 g/mol. The number of aromatic nitrogens is 1. The summed E-state index contributed by atoms with van der Waals surface area (Å²) in [6, 6.07) is 3.54. The van der Waals surface area contributed by atoms with E-state index < -0.39 is 0 Å². The first kappa shape index (κ1) is 16.2. The smallest absolute Gasteiger partial charge is 0.319 e. The maximum atomic E-state index is 11.6. The SMILES string of the molecule is CCN(CC)c1ccc(NC(=O)NCCCOC)cn1. The third-order valence-corrected chi connectivity index (χ3v) is 2.90. The van der Waals surface area contributed by atoms with E-state index in [0.717, 1.165) is 25.3 Å². The summed E-state index contributed by atoms with van der Waals surface area (Å²) >= 11 is 0. The highest BCUT2D eigenvalue weighted by molar-refractivity contribution is 5.89. The van der Waals surface area contributed by atoms with Gasteiger partial charge in [0, 0.05) is 33.4 Å². The number of hydrogen-bond acceptors (Lipinski definition) is 4. The molecule has 6 nitrogen and oxygen atoms in total. The Morgan fingerprint density at radius 3 is 2.65 bits per heavy atom. The van der Waals surface area contributed by atoms with E-state index in [9.17, 15) is 4.79 Å². The molecule has 6 heteroatoms. The number of amides is 2. The number of methoxy groups -OCH3 is 1. The Bertz CT molecular complexity index is 391. The van der Waals surface area contributed by atoms with Gasteiger partial charge in [-0.05, 0) is 32.4 Å². The standard InChI is InChI=1S/C14H24N4O2/c1-4-18(5-2)13-8-7-12(11-16-13)17-14(19)15-9-6-10-20-3/h7-8,11H,4-6,9-10H2,1-3H3,(H2,15,17,19). The average molecular weight is 280 g/mol. The molecule has 0 aliphatic heterocycles.